The van der Waals surface area contributed by atoms with Gasteiger partial charge in [-0.05, 0) is 31.4 Å². The molecule has 2 aromatic rings. The van der Waals surface area contributed by atoms with Gasteiger partial charge in [0.1, 0.15) is 10.8 Å². The molecular weight excluding hydrogens is 337 g/mol. The number of rotatable bonds is 6. The first-order valence-corrected chi connectivity index (χ1v) is 9.70. The Morgan fingerprint density at radius 1 is 1.48 bits per heavy atom. The minimum absolute atomic E-state index is 0.0476. The maximum Gasteiger partial charge on any atom is 0.220 e. The van der Waals surface area contributed by atoms with Crippen molar-refractivity contribution in [3.63, 3.8) is 0 Å². The number of nitrogens with one attached hydrogen (secondary N) is 1. The van der Waals surface area contributed by atoms with Crippen molar-refractivity contribution in [1.29, 1.82) is 0 Å². The number of aromatic nitrogens is 1. The van der Waals surface area contributed by atoms with Gasteiger partial charge < -0.3 is 5.32 Å². The lowest BCUT2D eigenvalue weighted by molar-refractivity contribution is -0.122. The van der Waals surface area contributed by atoms with Crippen LogP contribution in [0.2, 0.25) is 0 Å². The van der Waals surface area contributed by atoms with Crippen LogP contribution in [0.4, 0.5) is 4.39 Å². The van der Waals surface area contributed by atoms with Crippen LogP contribution in [0.25, 0.3) is 0 Å². The third-order valence-electron chi connectivity index (χ3n) is 4.72. The summed E-state index contributed by atoms with van der Waals surface area (Å²) in [5, 5.41) is 6.05. The first-order chi connectivity index (χ1) is 12.2. The second-order valence-electron chi connectivity index (χ2n) is 6.50. The number of piperidine rings is 1. The predicted octanol–water partition coefficient (Wildman–Crippen LogP) is 3.76. The fourth-order valence-corrected chi connectivity index (χ4v) is 4.20. The second-order valence-corrected chi connectivity index (χ2v) is 7.42. The zero-order valence-corrected chi connectivity index (χ0v) is 15.3. The number of carbonyl (C=O) groups excluding carboxylic acids is 1. The molecule has 0 bridgehead atoms. The molecule has 1 aromatic heterocycles. The number of amides is 1. The molecule has 25 heavy (non-hydrogen) atoms. The summed E-state index contributed by atoms with van der Waals surface area (Å²) in [5.74, 6) is 0.189. The van der Waals surface area contributed by atoms with Crippen molar-refractivity contribution in [1.82, 2.24) is 15.2 Å². The van der Waals surface area contributed by atoms with Gasteiger partial charge in [-0.3, -0.25) is 9.69 Å². The summed E-state index contributed by atoms with van der Waals surface area (Å²) in [6.07, 6.45) is 4.34. The Kier molecular flexibility index (Phi) is 6.15. The normalized spacial score (nSPS) is 19.5. The Balaban J connectivity index is 1.71. The van der Waals surface area contributed by atoms with Gasteiger partial charge in [0.05, 0.1) is 6.04 Å². The van der Waals surface area contributed by atoms with Crippen LogP contribution in [0.1, 0.15) is 42.8 Å². The molecule has 0 radical (unpaired) electrons. The number of thiazole rings is 1. The summed E-state index contributed by atoms with van der Waals surface area (Å²) in [6.45, 7) is 4.26. The quantitative estimate of drug-likeness (QED) is 0.852. The van der Waals surface area contributed by atoms with E-state index in [1.54, 1.807) is 23.6 Å². The average Bonchev–Trinajstić information content (AvgIpc) is 3.16. The molecule has 1 aliphatic heterocycles. The van der Waals surface area contributed by atoms with Gasteiger partial charge in [0.25, 0.3) is 0 Å². The Morgan fingerprint density at radius 3 is 3.04 bits per heavy atom. The van der Waals surface area contributed by atoms with Gasteiger partial charge in [-0.15, -0.1) is 11.3 Å². The molecule has 1 aromatic carbocycles. The Labute approximate surface area is 152 Å². The molecule has 6 heteroatoms. The molecule has 0 unspecified atom stereocenters. The molecular formula is C19H24FN3OS. The fourth-order valence-electron chi connectivity index (χ4n) is 3.42. The van der Waals surface area contributed by atoms with Crippen LogP contribution in [0.15, 0.2) is 35.8 Å². The van der Waals surface area contributed by atoms with E-state index in [2.05, 4.69) is 15.2 Å². The second kappa shape index (κ2) is 8.54. The molecule has 134 valence electrons. The first kappa shape index (κ1) is 18.0. The average molecular weight is 361 g/mol. The minimum Gasteiger partial charge on any atom is -0.347 e. The molecule has 1 saturated heterocycles. The van der Waals surface area contributed by atoms with Crippen LogP contribution in [0.5, 0.6) is 0 Å². The van der Waals surface area contributed by atoms with E-state index in [4.69, 9.17) is 0 Å². The lowest BCUT2D eigenvalue weighted by atomic mass is 9.90. The lowest BCUT2D eigenvalue weighted by Crippen LogP contribution is -2.42. The number of hydrogen-bond acceptors (Lipinski definition) is 4. The fraction of sp³-hybridized carbons (Fsp3) is 0.474. The third kappa shape index (κ3) is 4.64. The Morgan fingerprint density at radius 2 is 2.32 bits per heavy atom. The van der Waals surface area contributed by atoms with Crippen LogP contribution in [-0.4, -0.2) is 28.9 Å². The SMILES string of the molecule is CCC(=O)N[C@@H](c1nccs1)[C@H]1CCCN(Cc2ccccc2F)C1. The molecule has 2 atom stereocenters. The van der Waals surface area contributed by atoms with E-state index in [-0.39, 0.29) is 17.8 Å². The van der Waals surface area contributed by atoms with Crippen LogP contribution < -0.4 is 5.32 Å². The number of hydrogen-bond donors (Lipinski definition) is 1. The van der Waals surface area contributed by atoms with E-state index in [1.807, 2.05) is 24.4 Å². The number of carbonyl (C=O) groups is 1. The van der Waals surface area contributed by atoms with Gasteiger partial charge in [-0.2, -0.15) is 0 Å². The van der Waals surface area contributed by atoms with Crippen LogP contribution >= 0.6 is 11.3 Å². The van der Waals surface area contributed by atoms with Gasteiger partial charge in [-0.25, -0.2) is 9.37 Å². The van der Waals surface area contributed by atoms with Gasteiger partial charge in [0.2, 0.25) is 5.91 Å². The zero-order valence-electron chi connectivity index (χ0n) is 14.5. The summed E-state index contributed by atoms with van der Waals surface area (Å²) in [4.78, 5) is 18.7. The highest BCUT2D eigenvalue weighted by atomic mass is 32.1. The number of benzene rings is 1. The summed E-state index contributed by atoms with van der Waals surface area (Å²) in [5.41, 5.74) is 0.728. The van der Waals surface area contributed by atoms with Crippen LogP contribution in [0, 0.1) is 11.7 Å². The standard InChI is InChI=1S/C19H24FN3OS/c1-2-17(24)22-18(19-21-9-11-25-19)15-7-5-10-23(13-15)12-14-6-3-4-8-16(14)20/h3-4,6,8-9,11,15,18H,2,5,7,10,12-13H2,1H3,(H,22,24)/t15-,18+/m0/s1. The van der Waals surface area contributed by atoms with E-state index in [9.17, 15) is 9.18 Å². The lowest BCUT2D eigenvalue weighted by Gasteiger charge is -2.36. The van der Waals surface area contributed by atoms with Gasteiger partial charge in [-0.1, -0.05) is 25.1 Å². The van der Waals surface area contributed by atoms with Crippen molar-refractivity contribution < 1.29 is 9.18 Å². The van der Waals surface area contributed by atoms with Crippen molar-refractivity contribution in [3.05, 3.63) is 52.2 Å². The van der Waals surface area contributed by atoms with Gasteiger partial charge in [0, 0.05) is 36.7 Å². The Bertz CT molecular complexity index is 692. The summed E-state index contributed by atoms with van der Waals surface area (Å²) in [6, 6.07) is 6.89. The van der Waals surface area contributed by atoms with Crippen molar-refractivity contribution in [2.75, 3.05) is 13.1 Å². The maximum absolute atomic E-state index is 13.9. The van der Waals surface area contributed by atoms with E-state index in [0.717, 1.165) is 36.5 Å². The van der Waals surface area contributed by atoms with Crippen LogP contribution in [-0.2, 0) is 11.3 Å². The maximum atomic E-state index is 13.9. The molecule has 0 spiro atoms. The zero-order chi connectivity index (χ0) is 17.6. The monoisotopic (exact) mass is 361 g/mol. The highest BCUT2D eigenvalue weighted by Gasteiger charge is 2.31. The van der Waals surface area contributed by atoms with Crippen molar-refractivity contribution in [2.24, 2.45) is 5.92 Å². The van der Waals surface area contributed by atoms with Crippen molar-refractivity contribution >= 4 is 17.2 Å². The molecule has 0 aliphatic carbocycles. The molecule has 4 nitrogen and oxygen atoms in total. The van der Waals surface area contributed by atoms with Crippen LogP contribution in [0.3, 0.4) is 0 Å². The molecule has 0 saturated carbocycles. The van der Waals surface area contributed by atoms with E-state index >= 15 is 0 Å². The van der Waals surface area contributed by atoms with E-state index in [0.29, 0.717) is 18.9 Å². The largest absolute Gasteiger partial charge is 0.347 e. The van der Waals surface area contributed by atoms with Gasteiger partial charge in [0.15, 0.2) is 0 Å². The van der Waals surface area contributed by atoms with E-state index < -0.39 is 0 Å². The number of likely N-dealkylation sites (tertiary alicyclic amines) is 1. The summed E-state index contributed by atoms with van der Waals surface area (Å²) < 4.78 is 13.9. The smallest absolute Gasteiger partial charge is 0.220 e. The highest BCUT2D eigenvalue weighted by molar-refractivity contribution is 7.09. The molecule has 3 rings (SSSR count). The summed E-state index contributed by atoms with van der Waals surface area (Å²) >= 11 is 1.58. The summed E-state index contributed by atoms with van der Waals surface area (Å²) in [7, 11) is 0. The van der Waals surface area contributed by atoms with Crippen molar-refractivity contribution in [2.45, 2.75) is 38.8 Å². The number of nitrogens with zero attached hydrogens (tertiary/aromatic N) is 2. The molecule has 1 amide bonds. The molecule has 2 heterocycles. The van der Waals surface area contributed by atoms with Crippen molar-refractivity contribution in [3.8, 4) is 0 Å². The van der Waals surface area contributed by atoms with Gasteiger partial charge >= 0.3 is 0 Å². The third-order valence-corrected chi connectivity index (χ3v) is 5.58. The topological polar surface area (TPSA) is 45.2 Å². The highest BCUT2D eigenvalue weighted by Crippen LogP contribution is 2.31. The first-order valence-electron chi connectivity index (χ1n) is 8.82. The molecule has 1 fully saturated rings. The number of halogens is 1. The Hall–Kier alpha value is -1.79. The van der Waals surface area contributed by atoms with E-state index in [1.165, 1.54) is 6.07 Å². The predicted molar refractivity (Wildman–Crippen MR) is 97.7 cm³/mol. The molecule has 1 aliphatic rings. The minimum atomic E-state index is -0.152. The molecule has 1 N–H and O–H groups in total.